The summed E-state index contributed by atoms with van der Waals surface area (Å²) < 4.78 is 0. The third-order valence-electron chi connectivity index (χ3n) is 19.0. The number of rotatable bonds is 8. The lowest BCUT2D eigenvalue weighted by Gasteiger charge is -2.36. The summed E-state index contributed by atoms with van der Waals surface area (Å²) in [6, 6.07) is 28.6. The summed E-state index contributed by atoms with van der Waals surface area (Å²) in [6.07, 6.45) is 74.2. The molecule has 5 aromatic carbocycles. The Bertz CT molecular complexity index is 4030. The fraction of sp³-hybridized carbons (Fsp3) is 0.231. The first-order valence-electron chi connectivity index (χ1n) is 29.7. The highest BCUT2D eigenvalue weighted by Gasteiger charge is 2.36. The lowest BCUT2D eigenvalue weighted by atomic mass is 9.67. The molecule has 15 rings (SSSR count). The van der Waals surface area contributed by atoms with Crippen molar-refractivity contribution in [2.45, 2.75) is 89.9 Å². The van der Waals surface area contributed by atoms with Gasteiger partial charge in [-0.2, -0.15) is 0 Å². The zero-order chi connectivity index (χ0) is 51.5. The summed E-state index contributed by atoms with van der Waals surface area (Å²) in [5.41, 5.74) is 20.6. The number of fused-ring (bicyclic) bond motifs is 6. The fourth-order valence-electron chi connectivity index (χ4n) is 15.3. The fourth-order valence-corrected chi connectivity index (χ4v) is 15.3. The van der Waals surface area contributed by atoms with E-state index in [1.165, 1.54) is 131 Å². The monoisotopic (exact) mass is 1000 g/mol. The van der Waals surface area contributed by atoms with Gasteiger partial charge in [-0.1, -0.05) is 219 Å². The average molecular weight is 1010 g/mol. The van der Waals surface area contributed by atoms with Crippen molar-refractivity contribution in [3.8, 4) is 0 Å². The van der Waals surface area contributed by atoms with Crippen LogP contribution in [0.2, 0.25) is 0 Å². The zero-order valence-electron chi connectivity index (χ0n) is 45.0. The van der Waals surface area contributed by atoms with E-state index in [4.69, 9.17) is 0 Å². The van der Waals surface area contributed by atoms with E-state index < -0.39 is 0 Å². The Kier molecular flexibility index (Phi) is 12.3. The van der Waals surface area contributed by atoms with E-state index >= 15 is 0 Å². The molecule has 0 heterocycles. The van der Waals surface area contributed by atoms with Gasteiger partial charge in [-0.25, -0.2) is 0 Å². The Labute approximate surface area is 460 Å². The van der Waals surface area contributed by atoms with Crippen LogP contribution in [0.1, 0.15) is 112 Å². The highest BCUT2D eigenvalue weighted by Crippen LogP contribution is 2.45. The molecule has 4 atom stereocenters. The molecule has 0 amide bonds. The van der Waals surface area contributed by atoms with E-state index in [9.17, 15) is 0 Å². The normalized spacial score (nSPS) is 23.8. The standard InChI is InChI=1S/C78H68/c1-5-21-51(22-6-1)55-37-41-57(42-38-55)73-61-29-13-15-31-63(61)77(69-47-45-59(49-71(69)73)53-25-9-3-10-26-53)75-65-33-17-19-35-67(65)76(68-36-20-18-34-66(68)75)78-64-32-16-14-30-62(64)74(58-43-39-56(40-44-58)52-23-7-2-8-24-52)72-50-60(46-48-70(72)78)54-27-11-4-12-28-54/h1-2,5,7,9,11,13-21,23,25-37,39,41,43,47-50,59-60,65,67H,3-4,6,8,10,12,22,24,38,40,42,44-46H2. The molecule has 10 aliphatic rings. The molecule has 0 radical (unpaired) electrons. The van der Waals surface area contributed by atoms with E-state index in [0.29, 0.717) is 11.8 Å². The number of benzene rings is 5. The maximum Gasteiger partial charge on any atom is 0.0138 e. The van der Waals surface area contributed by atoms with Crippen LogP contribution in [0, 0.1) is 23.7 Å². The molecule has 0 saturated heterocycles. The molecule has 0 saturated carbocycles. The van der Waals surface area contributed by atoms with E-state index in [0.717, 1.165) is 89.9 Å². The van der Waals surface area contributed by atoms with E-state index in [2.05, 4.69) is 219 Å². The molecule has 380 valence electrons. The summed E-state index contributed by atoms with van der Waals surface area (Å²) in [5, 5.41) is 14.0. The third kappa shape index (κ3) is 8.17. The predicted octanol–water partition coefficient (Wildman–Crippen LogP) is 15.2. The van der Waals surface area contributed by atoms with Crippen molar-refractivity contribution < 1.29 is 0 Å². The second-order valence-electron chi connectivity index (χ2n) is 23.3. The smallest absolute Gasteiger partial charge is 0.0138 e. The van der Waals surface area contributed by atoms with E-state index in [-0.39, 0.29) is 11.8 Å². The van der Waals surface area contributed by atoms with Crippen LogP contribution < -0.4 is 31.3 Å². The molecule has 0 aromatic heterocycles. The largest absolute Gasteiger partial charge is 0.0842 e. The minimum absolute atomic E-state index is 0.131. The molecule has 0 nitrogen and oxygen atoms in total. The zero-order valence-corrected chi connectivity index (χ0v) is 45.0. The van der Waals surface area contributed by atoms with E-state index in [1.807, 2.05) is 0 Å². The lowest BCUT2D eigenvalue weighted by molar-refractivity contribution is 0.686. The van der Waals surface area contributed by atoms with Crippen LogP contribution in [0.5, 0.6) is 0 Å². The Balaban J connectivity index is 1.01. The minimum atomic E-state index is 0.131. The number of hydrogen-bond acceptors (Lipinski definition) is 0. The second kappa shape index (κ2) is 20.2. The van der Waals surface area contributed by atoms with Crippen LogP contribution in [0.25, 0.3) is 68.1 Å². The number of allylic oxidation sites excluding steroid dienone is 28. The van der Waals surface area contributed by atoms with Crippen LogP contribution >= 0.6 is 0 Å². The molecular weight excluding hydrogens is 937 g/mol. The van der Waals surface area contributed by atoms with Gasteiger partial charge >= 0.3 is 0 Å². The topological polar surface area (TPSA) is 0 Å². The average Bonchev–Trinajstić information content (AvgIpc) is 3.67. The van der Waals surface area contributed by atoms with Crippen molar-refractivity contribution >= 4 is 68.1 Å². The molecule has 0 bridgehead atoms. The molecule has 78 heavy (non-hydrogen) atoms. The van der Waals surface area contributed by atoms with Crippen molar-refractivity contribution in [2.24, 2.45) is 23.7 Å². The quantitative estimate of drug-likeness (QED) is 0.145. The first-order chi connectivity index (χ1) is 38.7. The second-order valence-corrected chi connectivity index (χ2v) is 23.3. The van der Waals surface area contributed by atoms with Crippen LogP contribution in [-0.2, 0) is 0 Å². The molecule has 0 fully saturated rings. The SMILES string of the molecule is C1=CCCC(C2=CC=C(c3c4c(c(C5=c6ccccc6=C(c6c7c(c(C8=CC=C(C9=CC=CCC9)CC8)c8ccccc68)=CC(C6=CCCC=C6)CC=7)C6C=CC=CC56)c5ccccc35)=CCC(C3=CCCC=C3)C=4)CC2)=C1. The van der Waals surface area contributed by atoms with Gasteiger partial charge in [-0.05, 0) is 221 Å². The molecule has 10 aliphatic carbocycles. The molecular formula is C78H68. The third-order valence-corrected chi connectivity index (χ3v) is 19.0. The van der Waals surface area contributed by atoms with E-state index in [1.54, 1.807) is 0 Å². The van der Waals surface area contributed by atoms with Gasteiger partial charge in [0.1, 0.15) is 0 Å². The van der Waals surface area contributed by atoms with Crippen molar-refractivity contribution in [1.29, 1.82) is 0 Å². The van der Waals surface area contributed by atoms with Crippen molar-refractivity contribution in [3.05, 3.63) is 281 Å². The Morgan fingerprint density at radius 3 is 1.13 bits per heavy atom. The van der Waals surface area contributed by atoms with Gasteiger partial charge in [-0.3, -0.25) is 0 Å². The van der Waals surface area contributed by atoms with Crippen molar-refractivity contribution in [1.82, 2.24) is 0 Å². The summed E-state index contributed by atoms with van der Waals surface area (Å²) >= 11 is 0. The van der Waals surface area contributed by atoms with Gasteiger partial charge in [0, 0.05) is 23.7 Å². The lowest BCUT2D eigenvalue weighted by Crippen LogP contribution is -2.46. The minimum Gasteiger partial charge on any atom is -0.0842 e. The van der Waals surface area contributed by atoms with Gasteiger partial charge in [0.15, 0.2) is 0 Å². The molecule has 5 aromatic rings. The van der Waals surface area contributed by atoms with Crippen LogP contribution in [-0.4, -0.2) is 0 Å². The highest BCUT2D eigenvalue weighted by atomic mass is 14.4. The van der Waals surface area contributed by atoms with Crippen LogP contribution in [0.15, 0.2) is 228 Å². The summed E-state index contributed by atoms with van der Waals surface area (Å²) in [4.78, 5) is 0. The summed E-state index contributed by atoms with van der Waals surface area (Å²) in [6.45, 7) is 0. The molecule has 4 unspecified atom stereocenters. The van der Waals surface area contributed by atoms with Crippen LogP contribution in [0.4, 0.5) is 0 Å². The molecule has 0 aliphatic heterocycles. The molecule has 0 N–H and O–H groups in total. The van der Waals surface area contributed by atoms with Gasteiger partial charge in [-0.15, -0.1) is 0 Å². The maximum atomic E-state index is 2.69. The van der Waals surface area contributed by atoms with Gasteiger partial charge < -0.3 is 0 Å². The van der Waals surface area contributed by atoms with Crippen molar-refractivity contribution in [3.63, 3.8) is 0 Å². The molecule has 0 heteroatoms. The summed E-state index contributed by atoms with van der Waals surface area (Å²) in [5.74, 6) is 0.955. The first kappa shape index (κ1) is 47.4. The Morgan fingerprint density at radius 1 is 0.321 bits per heavy atom. The van der Waals surface area contributed by atoms with Gasteiger partial charge in [0.05, 0.1) is 0 Å². The Morgan fingerprint density at radius 2 is 0.731 bits per heavy atom. The van der Waals surface area contributed by atoms with Crippen molar-refractivity contribution in [2.75, 3.05) is 0 Å². The van der Waals surface area contributed by atoms with Crippen LogP contribution in [0.3, 0.4) is 0 Å². The first-order valence-corrected chi connectivity index (χ1v) is 29.7. The Hall–Kier alpha value is -7.80. The van der Waals surface area contributed by atoms with Gasteiger partial charge in [0.2, 0.25) is 0 Å². The predicted molar refractivity (Wildman–Crippen MR) is 333 cm³/mol. The highest BCUT2D eigenvalue weighted by molar-refractivity contribution is 6.05. The summed E-state index contributed by atoms with van der Waals surface area (Å²) in [7, 11) is 0. The number of hydrogen-bond donors (Lipinski definition) is 0. The van der Waals surface area contributed by atoms with Gasteiger partial charge in [0.25, 0.3) is 0 Å². The maximum absolute atomic E-state index is 2.69. The molecule has 0 spiro atoms.